The zero-order chi connectivity index (χ0) is 25.1. The summed E-state index contributed by atoms with van der Waals surface area (Å²) in [5.41, 5.74) is 2.16. The minimum Gasteiger partial charge on any atom is -0.497 e. The molecular formula is C26H27N7O3. The van der Waals surface area contributed by atoms with E-state index in [9.17, 15) is 9.59 Å². The molecule has 0 aliphatic carbocycles. The predicted octanol–water partition coefficient (Wildman–Crippen LogP) is 2.60. The van der Waals surface area contributed by atoms with Crippen LogP contribution in [0.3, 0.4) is 0 Å². The molecule has 184 valence electrons. The molecule has 0 atom stereocenters. The second-order valence-corrected chi connectivity index (χ2v) is 8.61. The first kappa shape index (κ1) is 23.3. The molecule has 2 aromatic carbocycles. The number of para-hydroxylation sites is 1. The number of nitrogens with zero attached hydrogens (tertiary/aromatic N) is 6. The third-order valence-electron chi connectivity index (χ3n) is 6.16. The number of methoxy groups -OCH3 is 1. The fourth-order valence-corrected chi connectivity index (χ4v) is 4.20. The normalized spacial score (nSPS) is 13.6. The van der Waals surface area contributed by atoms with E-state index in [4.69, 9.17) is 4.74 Å². The van der Waals surface area contributed by atoms with Crippen LogP contribution in [0.5, 0.6) is 5.75 Å². The summed E-state index contributed by atoms with van der Waals surface area (Å²) < 4.78 is 6.58. The number of carbonyl (C=O) groups is 1. The first-order valence-electron chi connectivity index (χ1n) is 11.7. The van der Waals surface area contributed by atoms with Gasteiger partial charge in [-0.3, -0.25) is 14.2 Å². The Balaban J connectivity index is 1.23. The van der Waals surface area contributed by atoms with Gasteiger partial charge in [0.05, 0.1) is 24.3 Å². The average molecular weight is 486 g/mol. The summed E-state index contributed by atoms with van der Waals surface area (Å²) in [5.74, 6) is 1.99. The summed E-state index contributed by atoms with van der Waals surface area (Å²) in [5, 5.41) is 3.82. The fourth-order valence-electron chi connectivity index (χ4n) is 4.20. The van der Waals surface area contributed by atoms with Gasteiger partial charge in [0, 0.05) is 43.6 Å². The highest BCUT2D eigenvalue weighted by molar-refractivity contribution is 5.79. The lowest BCUT2D eigenvalue weighted by molar-refractivity contribution is -0.132. The Morgan fingerprint density at radius 2 is 1.78 bits per heavy atom. The number of rotatable bonds is 6. The Bertz CT molecular complexity index is 1440. The maximum atomic E-state index is 12.9. The van der Waals surface area contributed by atoms with Crippen molar-refractivity contribution in [3.05, 3.63) is 77.0 Å². The topological polar surface area (TPSA) is 105 Å². The summed E-state index contributed by atoms with van der Waals surface area (Å²) in [6.45, 7) is 4.14. The van der Waals surface area contributed by atoms with Gasteiger partial charge in [0.25, 0.3) is 5.56 Å². The Morgan fingerprint density at radius 1 is 1.03 bits per heavy atom. The van der Waals surface area contributed by atoms with Gasteiger partial charge < -0.3 is 19.9 Å². The second kappa shape index (κ2) is 10.0. The number of ether oxygens (including phenoxy) is 1. The number of fused-ring (bicyclic) bond motifs is 1. The smallest absolute Gasteiger partial charge is 0.261 e. The molecule has 1 N–H and O–H groups in total. The third kappa shape index (κ3) is 4.97. The first-order chi connectivity index (χ1) is 17.5. The second-order valence-electron chi connectivity index (χ2n) is 8.61. The van der Waals surface area contributed by atoms with Crippen LogP contribution in [0.15, 0.2) is 65.7 Å². The molecule has 36 heavy (non-hydrogen) atoms. The van der Waals surface area contributed by atoms with Gasteiger partial charge in [-0.05, 0) is 43.3 Å². The average Bonchev–Trinajstić information content (AvgIpc) is 2.90. The monoisotopic (exact) mass is 485 g/mol. The van der Waals surface area contributed by atoms with Crippen molar-refractivity contribution in [2.75, 3.05) is 43.5 Å². The number of aromatic nitrogens is 4. The standard InChI is InChI=1S/C26H27N7O3/c1-18-15-23(29-19-7-9-20(36-2)10-8-19)30-26(28-18)32-13-11-31(12-14-32)24(34)16-33-17-27-22-6-4-3-5-21(22)25(33)35/h3-10,15,17H,11-14,16H2,1-2H3,(H,28,29,30). The summed E-state index contributed by atoms with van der Waals surface area (Å²) in [6, 6.07) is 16.7. The van der Waals surface area contributed by atoms with E-state index in [2.05, 4.69) is 25.2 Å². The molecule has 1 fully saturated rings. The van der Waals surface area contributed by atoms with Crippen molar-refractivity contribution in [1.82, 2.24) is 24.4 Å². The Hall–Kier alpha value is -4.47. The molecular weight excluding hydrogens is 458 g/mol. The predicted molar refractivity (Wildman–Crippen MR) is 138 cm³/mol. The molecule has 10 heteroatoms. The Labute approximate surface area is 208 Å². The van der Waals surface area contributed by atoms with E-state index in [0.717, 1.165) is 17.1 Å². The molecule has 3 heterocycles. The molecule has 0 saturated carbocycles. The first-order valence-corrected chi connectivity index (χ1v) is 11.7. The number of hydrogen-bond acceptors (Lipinski definition) is 8. The molecule has 1 amide bonds. The number of hydrogen-bond donors (Lipinski definition) is 1. The largest absolute Gasteiger partial charge is 0.497 e. The lowest BCUT2D eigenvalue weighted by Gasteiger charge is -2.35. The van der Waals surface area contributed by atoms with E-state index in [0.29, 0.717) is 48.8 Å². The number of piperazine rings is 1. The van der Waals surface area contributed by atoms with Crippen molar-refractivity contribution in [1.29, 1.82) is 0 Å². The summed E-state index contributed by atoms with van der Waals surface area (Å²) in [4.78, 5) is 43.1. The van der Waals surface area contributed by atoms with Gasteiger partial charge in [0.15, 0.2) is 0 Å². The van der Waals surface area contributed by atoms with Crippen LogP contribution in [-0.4, -0.2) is 63.6 Å². The minimum absolute atomic E-state index is 0.0342. The Kier molecular flexibility index (Phi) is 6.48. The van der Waals surface area contributed by atoms with E-state index in [-0.39, 0.29) is 18.0 Å². The van der Waals surface area contributed by atoms with Gasteiger partial charge in [-0.2, -0.15) is 4.98 Å². The molecule has 4 aromatic rings. The maximum absolute atomic E-state index is 12.9. The van der Waals surface area contributed by atoms with E-state index < -0.39 is 0 Å². The molecule has 0 unspecified atom stereocenters. The van der Waals surface area contributed by atoms with Crippen LogP contribution in [0.4, 0.5) is 17.5 Å². The quantitative estimate of drug-likeness (QED) is 0.444. The molecule has 0 bridgehead atoms. The lowest BCUT2D eigenvalue weighted by Crippen LogP contribution is -2.50. The van der Waals surface area contributed by atoms with Crippen LogP contribution in [0.2, 0.25) is 0 Å². The van der Waals surface area contributed by atoms with Crippen molar-refractivity contribution < 1.29 is 9.53 Å². The van der Waals surface area contributed by atoms with Crippen molar-refractivity contribution >= 4 is 34.3 Å². The highest BCUT2D eigenvalue weighted by Gasteiger charge is 2.23. The van der Waals surface area contributed by atoms with Crippen LogP contribution in [-0.2, 0) is 11.3 Å². The summed E-state index contributed by atoms with van der Waals surface area (Å²) in [7, 11) is 1.64. The summed E-state index contributed by atoms with van der Waals surface area (Å²) >= 11 is 0. The third-order valence-corrected chi connectivity index (χ3v) is 6.16. The van der Waals surface area contributed by atoms with Crippen LogP contribution in [0, 0.1) is 6.92 Å². The number of carbonyl (C=O) groups excluding carboxylic acids is 1. The van der Waals surface area contributed by atoms with Gasteiger partial charge in [-0.25, -0.2) is 9.97 Å². The number of amides is 1. The number of benzene rings is 2. The number of aryl methyl sites for hydroxylation is 1. The highest BCUT2D eigenvalue weighted by atomic mass is 16.5. The van der Waals surface area contributed by atoms with Gasteiger partial charge >= 0.3 is 0 Å². The molecule has 0 radical (unpaired) electrons. The number of anilines is 3. The Morgan fingerprint density at radius 3 is 2.53 bits per heavy atom. The van der Waals surface area contributed by atoms with Crippen LogP contribution in [0.1, 0.15) is 5.69 Å². The van der Waals surface area contributed by atoms with E-state index in [1.807, 2.05) is 43.3 Å². The van der Waals surface area contributed by atoms with Crippen LogP contribution >= 0.6 is 0 Å². The molecule has 1 aliphatic heterocycles. The van der Waals surface area contributed by atoms with Gasteiger partial charge in [0.1, 0.15) is 18.1 Å². The van der Waals surface area contributed by atoms with E-state index in [1.165, 1.54) is 10.9 Å². The van der Waals surface area contributed by atoms with Crippen molar-refractivity contribution in [2.24, 2.45) is 0 Å². The zero-order valence-corrected chi connectivity index (χ0v) is 20.2. The van der Waals surface area contributed by atoms with Crippen molar-refractivity contribution in [2.45, 2.75) is 13.5 Å². The molecule has 1 saturated heterocycles. The van der Waals surface area contributed by atoms with Crippen LogP contribution < -0.4 is 20.5 Å². The highest BCUT2D eigenvalue weighted by Crippen LogP contribution is 2.21. The molecule has 2 aromatic heterocycles. The van der Waals surface area contributed by atoms with Gasteiger partial charge in [-0.1, -0.05) is 12.1 Å². The minimum atomic E-state index is -0.211. The van der Waals surface area contributed by atoms with E-state index in [1.54, 1.807) is 30.2 Å². The zero-order valence-electron chi connectivity index (χ0n) is 20.2. The fraction of sp³-hybridized carbons (Fsp3) is 0.269. The molecule has 1 aliphatic rings. The van der Waals surface area contributed by atoms with Crippen LogP contribution in [0.25, 0.3) is 10.9 Å². The lowest BCUT2D eigenvalue weighted by atomic mass is 10.2. The number of nitrogens with one attached hydrogen (secondary N) is 1. The molecule has 0 spiro atoms. The SMILES string of the molecule is COc1ccc(Nc2cc(C)nc(N3CCN(C(=O)Cn4cnc5ccccc5c4=O)CC3)n2)cc1. The van der Waals surface area contributed by atoms with Crippen molar-refractivity contribution in [3.63, 3.8) is 0 Å². The molecule has 10 nitrogen and oxygen atoms in total. The van der Waals surface area contributed by atoms with Gasteiger partial charge in [0.2, 0.25) is 11.9 Å². The maximum Gasteiger partial charge on any atom is 0.261 e. The molecule has 5 rings (SSSR count). The van der Waals surface area contributed by atoms with Gasteiger partial charge in [-0.15, -0.1) is 0 Å². The van der Waals surface area contributed by atoms with Crippen molar-refractivity contribution in [3.8, 4) is 5.75 Å². The van der Waals surface area contributed by atoms with E-state index >= 15 is 0 Å². The summed E-state index contributed by atoms with van der Waals surface area (Å²) in [6.07, 6.45) is 1.44.